The van der Waals surface area contributed by atoms with Crippen LogP contribution in [-0.4, -0.2) is 34.5 Å². The number of guanidine groups is 1. The molecule has 1 aromatic rings. The first-order valence-corrected chi connectivity index (χ1v) is 8.47. The Kier molecular flexibility index (Phi) is 6.64. The van der Waals surface area contributed by atoms with E-state index in [1.54, 1.807) is 7.05 Å². The molecular formula is C14H24N4O2S. The maximum absolute atomic E-state index is 11.5. The van der Waals surface area contributed by atoms with Gasteiger partial charge < -0.3 is 10.6 Å². The molecule has 0 bridgehead atoms. The van der Waals surface area contributed by atoms with Crippen LogP contribution in [0.2, 0.25) is 0 Å². The quantitative estimate of drug-likeness (QED) is 0.536. The number of sulfonamides is 1. The van der Waals surface area contributed by atoms with Gasteiger partial charge in [-0.15, -0.1) is 0 Å². The van der Waals surface area contributed by atoms with Crippen molar-refractivity contribution in [2.45, 2.75) is 32.2 Å². The lowest BCUT2D eigenvalue weighted by Crippen LogP contribution is -2.40. The molecule has 21 heavy (non-hydrogen) atoms. The molecule has 0 fully saturated rings. The van der Waals surface area contributed by atoms with Gasteiger partial charge in [-0.2, -0.15) is 0 Å². The van der Waals surface area contributed by atoms with Crippen molar-refractivity contribution in [3.63, 3.8) is 0 Å². The van der Waals surface area contributed by atoms with Crippen LogP contribution in [0.3, 0.4) is 0 Å². The Morgan fingerprint density at radius 2 is 1.76 bits per heavy atom. The van der Waals surface area contributed by atoms with E-state index in [1.165, 1.54) is 7.05 Å². The van der Waals surface area contributed by atoms with Gasteiger partial charge in [-0.3, -0.25) is 4.99 Å². The van der Waals surface area contributed by atoms with Gasteiger partial charge in [-0.05, 0) is 32.0 Å². The second-order valence-electron chi connectivity index (χ2n) is 5.00. The summed E-state index contributed by atoms with van der Waals surface area (Å²) < 4.78 is 25.2. The van der Waals surface area contributed by atoms with E-state index in [0.717, 1.165) is 17.1 Å². The summed E-state index contributed by atoms with van der Waals surface area (Å²) in [5.41, 5.74) is 1.82. The molecule has 0 radical (unpaired) electrons. The fourth-order valence-corrected chi connectivity index (χ4v) is 2.47. The van der Waals surface area contributed by atoms with E-state index in [1.807, 2.05) is 38.1 Å². The van der Waals surface area contributed by atoms with Crippen molar-refractivity contribution in [2.24, 2.45) is 4.99 Å². The van der Waals surface area contributed by atoms with Crippen molar-refractivity contribution in [3.05, 3.63) is 35.4 Å². The lowest BCUT2D eigenvalue weighted by molar-refractivity contribution is 0.587. The standard InChI is InChI=1S/C14H24N4O2S/c1-11(2)18-14(15-3)17-9-12-5-7-13(8-6-12)10-21(19,20)16-4/h5-8,11,16H,9-10H2,1-4H3,(H2,15,17,18). The molecule has 0 heterocycles. The van der Waals surface area contributed by atoms with Crippen LogP contribution in [-0.2, 0) is 22.3 Å². The zero-order chi connectivity index (χ0) is 15.9. The van der Waals surface area contributed by atoms with Crippen LogP contribution in [0.4, 0.5) is 0 Å². The summed E-state index contributed by atoms with van der Waals surface area (Å²) >= 11 is 0. The highest BCUT2D eigenvalue weighted by molar-refractivity contribution is 7.88. The molecule has 3 N–H and O–H groups in total. The highest BCUT2D eigenvalue weighted by atomic mass is 32.2. The van der Waals surface area contributed by atoms with Crippen molar-refractivity contribution >= 4 is 16.0 Å². The number of nitrogens with zero attached hydrogens (tertiary/aromatic N) is 1. The van der Waals surface area contributed by atoms with Gasteiger partial charge in [0.05, 0.1) is 5.75 Å². The first-order valence-electron chi connectivity index (χ1n) is 6.82. The second kappa shape index (κ2) is 7.99. The number of benzene rings is 1. The Balaban J connectivity index is 2.59. The molecule has 0 aliphatic heterocycles. The maximum Gasteiger partial charge on any atom is 0.215 e. The normalized spacial score (nSPS) is 12.5. The van der Waals surface area contributed by atoms with Gasteiger partial charge in [0.25, 0.3) is 0 Å². The van der Waals surface area contributed by atoms with Gasteiger partial charge in [0.15, 0.2) is 5.96 Å². The van der Waals surface area contributed by atoms with Gasteiger partial charge in [0.2, 0.25) is 10.0 Å². The predicted octanol–water partition coefficient (Wildman–Crippen LogP) is 0.809. The molecule has 0 saturated carbocycles. The minimum absolute atomic E-state index is 0.00617. The topological polar surface area (TPSA) is 82.6 Å². The molecule has 0 amide bonds. The maximum atomic E-state index is 11.5. The van der Waals surface area contributed by atoms with Crippen LogP contribution in [0.15, 0.2) is 29.3 Å². The monoisotopic (exact) mass is 312 g/mol. The summed E-state index contributed by atoms with van der Waals surface area (Å²) in [6, 6.07) is 7.78. The molecule has 118 valence electrons. The van der Waals surface area contributed by atoms with Crippen molar-refractivity contribution < 1.29 is 8.42 Å². The summed E-state index contributed by atoms with van der Waals surface area (Å²) in [6.07, 6.45) is 0. The lowest BCUT2D eigenvalue weighted by Gasteiger charge is -2.14. The first kappa shape index (κ1) is 17.5. The summed E-state index contributed by atoms with van der Waals surface area (Å²) in [5.74, 6) is 0.736. The van der Waals surface area contributed by atoms with Crippen LogP contribution in [0.5, 0.6) is 0 Å². The molecule has 6 nitrogen and oxygen atoms in total. The van der Waals surface area contributed by atoms with Crippen LogP contribution in [0.25, 0.3) is 0 Å². The SMILES string of the molecule is CN=C(NCc1ccc(CS(=O)(=O)NC)cc1)NC(C)C. The zero-order valence-corrected chi connectivity index (χ0v) is 13.8. The Hall–Kier alpha value is -1.60. The van der Waals surface area contributed by atoms with E-state index < -0.39 is 10.0 Å². The van der Waals surface area contributed by atoms with Crippen LogP contribution in [0, 0.1) is 0 Å². The zero-order valence-electron chi connectivity index (χ0n) is 13.0. The van der Waals surface area contributed by atoms with Crippen LogP contribution >= 0.6 is 0 Å². The fourth-order valence-electron chi connectivity index (χ4n) is 1.70. The second-order valence-corrected chi connectivity index (χ2v) is 6.93. The van der Waals surface area contributed by atoms with Crippen molar-refractivity contribution in [1.29, 1.82) is 0 Å². The predicted molar refractivity (Wildman–Crippen MR) is 86.6 cm³/mol. The summed E-state index contributed by atoms with van der Waals surface area (Å²) in [5, 5.41) is 6.41. The summed E-state index contributed by atoms with van der Waals surface area (Å²) in [4.78, 5) is 4.13. The minimum Gasteiger partial charge on any atom is -0.354 e. The molecule has 0 spiro atoms. The molecule has 0 atom stereocenters. The van der Waals surface area contributed by atoms with E-state index in [0.29, 0.717) is 12.6 Å². The Morgan fingerprint density at radius 3 is 2.24 bits per heavy atom. The molecule has 0 unspecified atom stereocenters. The summed E-state index contributed by atoms with van der Waals surface area (Å²) in [7, 11) is -0.0801. The average molecular weight is 312 g/mol. The molecular weight excluding hydrogens is 288 g/mol. The number of hydrogen-bond acceptors (Lipinski definition) is 3. The molecule has 1 aromatic carbocycles. The third-order valence-electron chi connectivity index (χ3n) is 2.80. The number of aliphatic imine (C=N–C) groups is 1. The highest BCUT2D eigenvalue weighted by Gasteiger charge is 2.08. The van der Waals surface area contributed by atoms with Crippen molar-refractivity contribution in [1.82, 2.24) is 15.4 Å². The van der Waals surface area contributed by atoms with E-state index in [2.05, 4.69) is 20.3 Å². The van der Waals surface area contributed by atoms with E-state index in [-0.39, 0.29) is 5.75 Å². The summed E-state index contributed by atoms with van der Waals surface area (Å²) in [6.45, 7) is 4.72. The molecule has 0 saturated heterocycles. The largest absolute Gasteiger partial charge is 0.354 e. The van der Waals surface area contributed by atoms with Crippen molar-refractivity contribution in [3.8, 4) is 0 Å². The smallest absolute Gasteiger partial charge is 0.215 e. The van der Waals surface area contributed by atoms with E-state index in [4.69, 9.17) is 0 Å². The number of hydrogen-bond donors (Lipinski definition) is 3. The van der Waals surface area contributed by atoms with Gasteiger partial charge in [0.1, 0.15) is 0 Å². The fraction of sp³-hybridized carbons (Fsp3) is 0.500. The minimum atomic E-state index is -3.22. The van der Waals surface area contributed by atoms with Crippen LogP contribution in [0.1, 0.15) is 25.0 Å². The molecule has 7 heteroatoms. The van der Waals surface area contributed by atoms with Gasteiger partial charge in [-0.25, -0.2) is 13.1 Å². The number of rotatable bonds is 6. The van der Waals surface area contributed by atoms with Crippen molar-refractivity contribution in [2.75, 3.05) is 14.1 Å². The Morgan fingerprint density at radius 1 is 1.19 bits per heavy atom. The van der Waals surface area contributed by atoms with Crippen LogP contribution < -0.4 is 15.4 Å². The molecule has 0 aromatic heterocycles. The lowest BCUT2D eigenvalue weighted by atomic mass is 10.1. The van der Waals surface area contributed by atoms with Gasteiger partial charge in [-0.1, -0.05) is 24.3 Å². The third kappa shape index (κ3) is 6.59. The molecule has 1 rings (SSSR count). The first-order chi connectivity index (χ1) is 9.86. The molecule has 0 aliphatic carbocycles. The average Bonchev–Trinajstić information content (AvgIpc) is 2.44. The van der Waals surface area contributed by atoms with Gasteiger partial charge in [0, 0.05) is 19.6 Å². The van der Waals surface area contributed by atoms with E-state index in [9.17, 15) is 8.42 Å². The molecule has 0 aliphatic rings. The third-order valence-corrected chi connectivity index (χ3v) is 4.14. The number of nitrogens with one attached hydrogen (secondary N) is 3. The Bertz CT molecular complexity index is 565. The Labute approximate surface area is 127 Å². The van der Waals surface area contributed by atoms with Gasteiger partial charge >= 0.3 is 0 Å². The van der Waals surface area contributed by atoms with E-state index >= 15 is 0 Å². The highest BCUT2D eigenvalue weighted by Crippen LogP contribution is 2.07.